The Balaban J connectivity index is 1.64. The molecule has 0 bridgehead atoms. The van der Waals surface area contributed by atoms with E-state index in [4.69, 9.17) is 9.47 Å². The van der Waals surface area contributed by atoms with E-state index >= 15 is 0 Å². The first-order valence-electron chi connectivity index (χ1n) is 7.85. The van der Waals surface area contributed by atoms with Crippen LogP contribution in [0.15, 0.2) is 18.2 Å². The summed E-state index contributed by atoms with van der Waals surface area (Å²) in [7, 11) is 0. The molecular formula is C17H24N2O3. The third-order valence-electron chi connectivity index (χ3n) is 3.88. The highest BCUT2D eigenvalue weighted by atomic mass is 16.6. The molecule has 0 spiro atoms. The SMILES string of the molecule is CC(C)(C)OC(=O)N1Cc2ccc(NC3CCOC3)cc2C1. The lowest BCUT2D eigenvalue weighted by molar-refractivity contribution is 0.0242. The van der Waals surface area contributed by atoms with Crippen molar-refractivity contribution in [2.75, 3.05) is 18.5 Å². The van der Waals surface area contributed by atoms with Gasteiger partial charge in [0.05, 0.1) is 12.6 Å². The van der Waals surface area contributed by atoms with Crippen molar-refractivity contribution in [1.29, 1.82) is 0 Å². The number of anilines is 1. The molecule has 1 N–H and O–H groups in total. The molecule has 1 atom stereocenters. The summed E-state index contributed by atoms with van der Waals surface area (Å²) in [5.41, 5.74) is 3.02. The molecule has 1 aromatic rings. The average Bonchev–Trinajstić information content (AvgIpc) is 3.05. The third kappa shape index (κ3) is 3.53. The van der Waals surface area contributed by atoms with Crippen LogP contribution in [0.2, 0.25) is 0 Å². The van der Waals surface area contributed by atoms with Gasteiger partial charge in [-0.2, -0.15) is 0 Å². The number of nitrogens with zero attached hydrogens (tertiary/aromatic N) is 1. The van der Waals surface area contributed by atoms with Crippen LogP contribution in [0, 0.1) is 0 Å². The summed E-state index contributed by atoms with van der Waals surface area (Å²) < 4.78 is 10.8. The first-order valence-corrected chi connectivity index (χ1v) is 7.85. The number of nitrogens with one attached hydrogen (secondary N) is 1. The molecule has 3 rings (SSSR count). The molecule has 2 heterocycles. The maximum atomic E-state index is 12.2. The Morgan fingerprint density at radius 1 is 1.32 bits per heavy atom. The lowest BCUT2D eigenvalue weighted by Gasteiger charge is -2.24. The standard InChI is InChI=1S/C17H24N2O3/c1-17(2,3)22-16(20)19-9-12-4-5-14(8-13(12)10-19)18-15-6-7-21-11-15/h4-5,8,15,18H,6-7,9-11H2,1-3H3. The quantitative estimate of drug-likeness (QED) is 0.912. The molecule has 1 amide bonds. The summed E-state index contributed by atoms with van der Waals surface area (Å²) in [5.74, 6) is 0. The van der Waals surface area contributed by atoms with Crippen LogP contribution in [0.4, 0.5) is 10.5 Å². The van der Waals surface area contributed by atoms with Crippen molar-refractivity contribution >= 4 is 11.8 Å². The fourth-order valence-electron chi connectivity index (χ4n) is 2.82. The van der Waals surface area contributed by atoms with Crippen molar-refractivity contribution in [3.63, 3.8) is 0 Å². The first kappa shape index (κ1) is 15.2. The van der Waals surface area contributed by atoms with Crippen LogP contribution in [0.25, 0.3) is 0 Å². The summed E-state index contributed by atoms with van der Waals surface area (Å²) in [6.45, 7) is 8.49. The summed E-state index contributed by atoms with van der Waals surface area (Å²) >= 11 is 0. The van der Waals surface area contributed by atoms with Crippen LogP contribution in [0.5, 0.6) is 0 Å². The van der Waals surface area contributed by atoms with E-state index in [-0.39, 0.29) is 6.09 Å². The zero-order valence-electron chi connectivity index (χ0n) is 13.5. The molecule has 0 saturated carbocycles. The number of benzene rings is 1. The number of hydrogen-bond acceptors (Lipinski definition) is 4. The number of fused-ring (bicyclic) bond motifs is 1. The maximum absolute atomic E-state index is 12.2. The van der Waals surface area contributed by atoms with Gasteiger partial charge in [-0.1, -0.05) is 6.07 Å². The third-order valence-corrected chi connectivity index (χ3v) is 3.88. The highest BCUT2D eigenvalue weighted by Crippen LogP contribution is 2.27. The van der Waals surface area contributed by atoms with Crippen LogP contribution < -0.4 is 5.32 Å². The molecule has 5 nitrogen and oxygen atoms in total. The monoisotopic (exact) mass is 304 g/mol. The van der Waals surface area contributed by atoms with E-state index in [2.05, 4.69) is 23.5 Å². The molecule has 0 aromatic heterocycles. The fraction of sp³-hybridized carbons (Fsp3) is 0.588. The maximum Gasteiger partial charge on any atom is 0.410 e. The van der Waals surface area contributed by atoms with Crippen LogP contribution in [0.3, 0.4) is 0 Å². The normalized spacial score (nSPS) is 20.9. The number of carbonyl (C=O) groups is 1. The van der Waals surface area contributed by atoms with Crippen LogP contribution in [-0.2, 0) is 22.6 Å². The predicted octanol–water partition coefficient (Wildman–Crippen LogP) is 3.14. The summed E-state index contributed by atoms with van der Waals surface area (Å²) in [5, 5.41) is 3.49. The smallest absolute Gasteiger partial charge is 0.410 e. The van der Waals surface area contributed by atoms with Gasteiger partial charge in [-0.25, -0.2) is 4.79 Å². The molecule has 0 radical (unpaired) electrons. The minimum absolute atomic E-state index is 0.248. The molecule has 2 aliphatic heterocycles. The topological polar surface area (TPSA) is 50.8 Å². The van der Waals surface area contributed by atoms with E-state index in [9.17, 15) is 4.79 Å². The summed E-state index contributed by atoms with van der Waals surface area (Å²) in [6, 6.07) is 6.70. The van der Waals surface area contributed by atoms with E-state index in [0.29, 0.717) is 19.1 Å². The Morgan fingerprint density at radius 2 is 2.09 bits per heavy atom. The van der Waals surface area contributed by atoms with Crippen molar-refractivity contribution in [3.05, 3.63) is 29.3 Å². The van der Waals surface area contributed by atoms with Gasteiger partial charge < -0.3 is 14.8 Å². The van der Waals surface area contributed by atoms with Gasteiger partial charge in [0, 0.05) is 25.4 Å². The highest BCUT2D eigenvalue weighted by molar-refractivity contribution is 5.69. The first-order chi connectivity index (χ1) is 10.4. The van der Waals surface area contributed by atoms with Crippen LogP contribution in [-0.4, -0.2) is 35.8 Å². The summed E-state index contributed by atoms with van der Waals surface area (Å²) in [6.07, 6.45) is 0.795. The van der Waals surface area contributed by atoms with E-state index in [1.165, 1.54) is 11.1 Å². The van der Waals surface area contributed by atoms with Crippen molar-refractivity contribution in [1.82, 2.24) is 4.90 Å². The number of carbonyl (C=O) groups excluding carboxylic acids is 1. The lowest BCUT2D eigenvalue weighted by atomic mass is 10.1. The fourth-order valence-corrected chi connectivity index (χ4v) is 2.82. The van der Waals surface area contributed by atoms with E-state index < -0.39 is 5.60 Å². The molecule has 2 aliphatic rings. The zero-order chi connectivity index (χ0) is 15.7. The number of amides is 1. The van der Waals surface area contributed by atoms with Crippen molar-refractivity contribution in [3.8, 4) is 0 Å². The van der Waals surface area contributed by atoms with Crippen molar-refractivity contribution in [2.24, 2.45) is 0 Å². The Morgan fingerprint density at radius 3 is 2.77 bits per heavy atom. The second kappa shape index (κ2) is 5.80. The van der Waals surface area contributed by atoms with Gasteiger partial charge in [0.1, 0.15) is 5.60 Å². The van der Waals surface area contributed by atoms with Gasteiger partial charge in [0.15, 0.2) is 0 Å². The number of rotatable bonds is 2. The molecular weight excluding hydrogens is 280 g/mol. The van der Waals surface area contributed by atoms with Gasteiger partial charge in [-0.3, -0.25) is 4.90 Å². The van der Waals surface area contributed by atoms with Gasteiger partial charge in [0.25, 0.3) is 0 Å². The molecule has 1 saturated heterocycles. The minimum Gasteiger partial charge on any atom is -0.444 e. The average molecular weight is 304 g/mol. The minimum atomic E-state index is -0.457. The number of ether oxygens (including phenoxy) is 2. The second-order valence-corrected chi connectivity index (χ2v) is 7.02. The van der Waals surface area contributed by atoms with Crippen LogP contribution in [0.1, 0.15) is 38.3 Å². The molecule has 0 aliphatic carbocycles. The lowest BCUT2D eigenvalue weighted by Crippen LogP contribution is -2.33. The van der Waals surface area contributed by atoms with E-state index in [1.807, 2.05) is 20.8 Å². The molecule has 22 heavy (non-hydrogen) atoms. The van der Waals surface area contributed by atoms with Crippen molar-refractivity contribution < 1.29 is 14.3 Å². The zero-order valence-corrected chi connectivity index (χ0v) is 13.5. The van der Waals surface area contributed by atoms with Crippen LogP contribution >= 0.6 is 0 Å². The molecule has 120 valence electrons. The van der Waals surface area contributed by atoms with Gasteiger partial charge >= 0.3 is 6.09 Å². The van der Waals surface area contributed by atoms with Gasteiger partial charge in [-0.15, -0.1) is 0 Å². The van der Waals surface area contributed by atoms with E-state index in [1.54, 1.807) is 4.90 Å². The Hall–Kier alpha value is -1.75. The Labute approximate surface area is 131 Å². The van der Waals surface area contributed by atoms with Crippen molar-refractivity contribution in [2.45, 2.75) is 51.9 Å². The van der Waals surface area contributed by atoms with Gasteiger partial charge in [0.2, 0.25) is 0 Å². The molecule has 1 unspecified atom stereocenters. The number of hydrogen-bond donors (Lipinski definition) is 1. The largest absolute Gasteiger partial charge is 0.444 e. The molecule has 1 fully saturated rings. The predicted molar refractivity (Wildman–Crippen MR) is 84.8 cm³/mol. The Bertz CT molecular complexity index is 560. The Kier molecular flexibility index (Phi) is 4.00. The molecule has 5 heteroatoms. The molecule has 1 aromatic carbocycles. The highest BCUT2D eigenvalue weighted by Gasteiger charge is 2.28. The summed E-state index contributed by atoms with van der Waals surface area (Å²) in [4.78, 5) is 13.9. The van der Waals surface area contributed by atoms with Gasteiger partial charge in [-0.05, 0) is 50.5 Å². The van der Waals surface area contributed by atoms with E-state index in [0.717, 1.165) is 25.3 Å². The second-order valence-electron chi connectivity index (χ2n) is 7.02.